The Labute approximate surface area is 277 Å². The molecule has 0 saturated carbocycles. The first kappa shape index (κ1) is 42.5. The zero-order chi connectivity index (χ0) is 32.0. The average Bonchev–Trinajstić information content (AvgIpc) is 3.02. The molecule has 0 aromatic rings. The third-order valence-corrected chi connectivity index (χ3v) is 8.29. The van der Waals surface area contributed by atoms with Gasteiger partial charge in [-0.2, -0.15) is 0 Å². The summed E-state index contributed by atoms with van der Waals surface area (Å²) in [6.45, 7) is 5.48. The molecular weight excluding hydrogens is 534 g/mol. The van der Waals surface area contributed by atoms with E-state index >= 15 is 0 Å². The maximum absolute atomic E-state index is 6.21. The maximum Gasteiger partial charge on any atom is 0.0978 e. The first-order chi connectivity index (χ1) is 21.7. The second kappa shape index (κ2) is 37.6. The highest BCUT2D eigenvalue weighted by atomic mass is 16.5. The Kier molecular flexibility index (Phi) is 36.3. The lowest BCUT2D eigenvalue weighted by atomic mass is 10.0. The molecule has 0 N–H and O–H groups in total. The molecule has 0 radical (unpaired) electrons. The van der Waals surface area contributed by atoms with Gasteiger partial charge in [0.2, 0.25) is 0 Å². The fourth-order valence-electron chi connectivity index (χ4n) is 5.42. The average molecular weight is 612 g/mol. The minimum atomic E-state index is 0.394. The van der Waals surface area contributed by atoms with Gasteiger partial charge in [-0.05, 0) is 110 Å². The summed E-state index contributed by atoms with van der Waals surface area (Å²) in [6.07, 6.45) is 57.2. The molecule has 0 aromatic carbocycles. The Hall–Kier alpha value is -1.54. The van der Waals surface area contributed by atoms with Crippen LogP contribution in [0, 0.1) is 0 Å². The van der Waals surface area contributed by atoms with Crippen LogP contribution in [0.4, 0.5) is 0 Å². The number of hydrogen-bond acceptors (Lipinski definition) is 2. The van der Waals surface area contributed by atoms with Crippen LogP contribution in [0.2, 0.25) is 0 Å². The Balaban J connectivity index is 3.87. The van der Waals surface area contributed by atoms with Gasteiger partial charge in [0, 0.05) is 6.54 Å². The van der Waals surface area contributed by atoms with E-state index in [1.54, 1.807) is 0 Å². The predicted octanol–water partition coefficient (Wildman–Crippen LogP) is 13.9. The van der Waals surface area contributed by atoms with Gasteiger partial charge < -0.3 is 9.64 Å². The van der Waals surface area contributed by atoms with E-state index in [0.717, 1.165) is 19.4 Å². The number of nitrogens with zero attached hydrogens (tertiary/aromatic N) is 1. The topological polar surface area (TPSA) is 12.5 Å². The molecule has 0 heterocycles. The number of rotatable bonds is 34. The highest BCUT2D eigenvalue weighted by Crippen LogP contribution is 2.18. The number of allylic oxidation sites excluding steroid dienone is 8. The van der Waals surface area contributed by atoms with Crippen molar-refractivity contribution in [2.45, 2.75) is 187 Å². The summed E-state index contributed by atoms with van der Waals surface area (Å²) < 4.78 is 6.21. The molecule has 44 heavy (non-hydrogen) atoms. The molecule has 0 aromatic heterocycles. The van der Waals surface area contributed by atoms with Gasteiger partial charge in [-0.25, -0.2) is 0 Å². The van der Waals surface area contributed by atoms with Crippen molar-refractivity contribution >= 4 is 0 Å². The quantitative estimate of drug-likeness (QED) is 0.0408. The number of hydrogen-bond donors (Lipinski definition) is 0. The van der Waals surface area contributed by atoms with Crippen LogP contribution < -0.4 is 0 Å². The van der Waals surface area contributed by atoms with E-state index in [1.165, 1.54) is 154 Å². The molecule has 256 valence electrons. The van der Waals surface area contributed by atoms with E-state index in [0.29, 0.717) is 6.10 Å². The fourth-order valence-corrected chi connectivity index (χ4v) is 5.42. The van der Waals surface area contributed by atoms with Gasteiger partial charge in [-0.3, -0.25) is 0 Å². The summed E-state index contributed by atoms with van der Waals surface area (Å²) in [5.74, 6) is 0. The first-order valence-electron chi connectivity index (χ1n) is 19.3. The Bertz CT molecular complexity index is 638. The van der Waals surface area contributed by atoms with Crippen LogP contribution in [-0.2, 0) is 4.74 Å². The molecule has 0 fully saturated rings. The van der Waals surface area contributed by atoms with Crippen molar-refractivity contribution in [3.63, 3.8) is 0 Å². The maximum atomic E-state index is 6.21. The van der Waals surface area contributed by atoms with Gasteiger partial charge >= 0.3 is 0 Å². The van der Waals surface area contributed by atoms with Gasteiger partial charge in [0.15, 0.2) is 0 Å². The van der Waals surface area contributed by atoms with Crippen LogP contribution in [0.25, 0.3) is 0 Å². The summed E-state index contributed by atoms with van der Waals surface area (Å²) in [5, 5.41) is 0. The third-order valence-electron chi connectivity index (χ3n) is 8.29. The van der Waals surface area contributed by atoms with Crippen molar-refractivity contribution in [1.82, 2.24) is 4.90 Å². The van der Waals surface area contributed by atoms with Crippen molar-refractivity contribution in [3.8, 4) is 0 Å². The van der Waals surface area contributed by atoms with Crippen molar-refractivity contribution in [2.24, 2.45) is 0 Å². The van der Waals surface area contributed by atoms with Crippen molar-refractivity contribution in [2.75, 3.05) is 20.6 Å². The van der Waals surface area contributed by atoms with Gasteiger partial charge in [0.25, 0.3) is 0 Å². The van der Waals surface area contributed by atoms with Crippen LogP contribution in [-0.4, -0.2) is 31.6 Å². The molecule has 0 amide bonds. The largest absolute Gasteiger partial charge is 0.498 e. The molecule has 0 bridgehead atoms. The van der Waals surface area contributed by atoms with Crippen LogP contribution in [0.3, 0.4) is 0 Å². The van der Waals surface area contributed by atoms with Crippen LogP contribution in [0.5, 0.6) is 0 Å². The van der Waals surface area contributed by atoms with Gasteiger partial charge in [-0.15, -0.1) is 0 Å². The molecule has 0 atom stereocenters. The number of likely N-dealkylation sites (N-methyl/N-ethyl adjacent to an activating group) is 1. The third kappa shape index (κ3) is 36.7. The van der Waals surface area contributed by atoms with Gasteiger partial charge in [0.05, 0.1) is 12.4 Å². The number of unbranched alkanes of at least 4 members (excludes halogenated alkanes) is 18. The van der Waals surface area contributed by atoms with E-state index in [2.05, 4.69) is 87.5 Å². The highest BCUT2D eigenvalue weighted by molar-refractivity contribution is 4.93. The molecule has 2 heteroatoms. The highest BCUT2D eigenvalue weighted by Gasteiger charge is 2.08. The lowest BCUT2D eigenvalue weighted by Crippen LogP contribution is -2.12. The molecule has 0 rings (SSSR count). The molecule has 0 unspecified atom stereocenters. The van der Waals surface area contributed by atoms with Gasteiger partial charge in [0.1, 0.15) is 0 Å². The summed E-state index contributed by atoms with van der Waals surface area (Å²) >= 11 is 0. The minimum absolute atomic E-state index is 0.394. The summed E-state index contributed by atoms with van der Waals surface area (Å²) in [4.78, 5) is 2.18. The first-order valence-corrected chi connectivity index (χ1v) is 19.3. The minimum Gasteiger partial charge on any atom is -0.498 e. The lowest BCUT2D eigenvalue weighted by Gasteiger charge is -2.17. The van der Waals surface area contributed by atoms with Crippen LogP contribution in [0.15, 0.2) is 60.9 Å². The van der Waals surface area contributed by atoms with E-state index in [9.17, 15) is 0 Å². The Morgan fingerprint density at radius 1 is 0.432 bits per heavy atom. The molecule has 0 aliphatic heterocycles. The summed E-state index contributed by atoms with van der Waals surface area (Å²) in [7, 11) is 4.21. The van der Waals surface area contributed by atoms with Crippen molar-refractivity contribution in [1.29, 1.82) is 0 Å². The molecule has 2 nitrogen and oxygen atoms in total. The zero-order valence-electron chi connectivity index (χ0n) is 30.3. The van der Waals surface area contributed by atoms with Crippen molar-refractivity contribution < 1.29 is 4.74 Å². The summed E-state index contributed by atoms with van der Waals surface area (Å²) in [6, 6.07) is 0. The van der Waals surface area contributed by atoms with Crippen LogP contribution >= 0.6 is 0 Å². The Morgan fingerprint density at radius 2 is 0.795 bits per heavy atom. The lowest BCUT2D eigenvalue weighted by molar-refractivity contribution is 0.120. The van der Waals surface area contributed by atoms with Crippen molar-refractivity contribution in [3.05, 3.63) is 60.9 Å². The normalized spacial score (nSPS) is 12.7. The molecule has 0 aliphatic rings. The zero-order valence-corrected chi connectivity index (χ0v) is 30.3. The molecule has 0 aliphatic carbocycles. The van der Waals surface area contributed by atoms with Crippen LogP contribution in [0.1, 0.15) is 181 Å². The monoisotopic (exact) mass is 612 g/mol. The molecular formula is C42H77NO. The standard InChI is InChI=1S/C42H77NO/c1-5-7-9-11-13-15-17-19-21-23-25-27-29-31-33-35-38-42(44-41-37-40-43(3)4)39-36-34-32-30-28-26-24-22-20-18-16-14-12-10-8-6-2/h13-16,19-22,37,41-42H,5-12,17-18,23-36,38-40H2,1-4H3/b15-13-,16-14-,21-19-,22-20-,41-37+. The number of ether oxygens (including phenoxy) is 1. The van der Waals surface area contributed by atoms with E-state index in [1.807, 2.05) is 6.26 Å². The summed E-state index contributed by atoms with van der Waals surface area (Å²) in [5.41, 5.74) is 0. The van der Waals surface area contributed by atoms with E-state index < -0.39 is 0 Å². The fraction of sp³-hybridized carbons (Fsp3) is 0.762. The predicted molar refractivity (Wildman–Crippen MR) is 201 cm³/mol. The SMILES string of the molecule is CCCCC/C=C\C/C=C\CCCCCCCCC(CCCCCCCC/C=C\C/C=C\CCCCC)O/C=C/CN(C)C. The molecule has 0 saturated heterocycles. The van der Waals surface area contributed by atoms with E-state index in [4.69, 9.17) is 4.74 Å². The second-order valence-corrected chi connectivity index (χ2v) is 13.1. The smallest absolute Gasteiger partial charge is 0.0978 e. The second-order valence-electron chi connectivity index (χ2n) is 13.1. The van der Waals surface area contributed by atoms with Gasteiger partial charge in [-0.1, -0.05) is 140 Å². The Morgan fingerprint density at radius 3 is 1.18 bits per heavy atom. The van der Waals surface area contributed by atoms with E-state index in [-0.39, 0.29) is 0 Å². The molecule has 0 spiro atoms.